The van der Waals surface area contributed by atoms with E-state index >= 15 is 0 Å². The van der Waals surface area contributed by atoms with Crippen LogP contribution in [0, 0.1) is 23.5 Å². The lowest BCUT2D eigenvalue weighted by atomic mass is 9.89. The third kappa shape index (κ3) is 4.25. The predicted octanol–water partition coefficient (Wildman–Crippen LogP) is 2.33. The van der Waals surface area contributed by atoms with Crippen molar-refractivity contribution in [3.8, 4) is 0 Å². The summed E-state index contributed by atoms with van der Waals surface area (Å²) in [4.78, 5) is 25.3. The van der Waals surface area contributed by atoms with E-state index in [9.17, 15) is 23.5 Å². The zero-order valence-corrected chi connectivity index (χ0v) is 13.1. The number of carboxylic acid groups (broad SMARTS) is 1. The summed E-state index contributed by atoms with van der Waals surface area (Å²) in [6.07, 6.45) is 0.587. The Bertz CT molecular complexity index is 609. The molecule has 3 unspecified atom stereocenters. The molecule has 1 aromatic rings. The number of hydrogen-bond donors (Lipinski definition) is 2. The lowest BCUT2D eigenvalue weighted by Gasteiger charge is -2.37. The van der Waals surface area contributed by atoms with Crippen molar-refractivity contribution in [2.45, 2.75) is 26.3 Å². The highest BCUT2D eigenvalue weighted by Crippen LogP contribution is 2.24. The third-order valence-electron chi connectivity index (χ3n) is 4.15. The number of carbonyl (C=O) groups is 2. The molecule has 0 saturated carbocycles. The summed E-state index contributed by atoms with van der Waals surface area (Å²) in [7, 11) is 0. The Balaban J connectivity index is 2.03. The zero-order chi connectivity index (χ0) is 17.1. The van der Waals surface area contributed by atoms with Gasteiger partial charge < -0.3 is 10.4 Å². The Morgan fingerprint density at radius 1 is 1.30 bits per heavy atom. The second kappa shape index (κ2) is 7.04. The van der Waals surface area contributed by atoms with Gasteiger partial charge in [0.15, 0.2) is 11.6 Å². The highest BCUT2D eigenvalue weighted by Gasteiger charge is 2.33. The maximum Gasteiger partial charge on any atom is 0.307 e. The van der Waals surface area contributed by atoms with E-state index in [4.69, 9.17) is 0 Å². The molecule has 1 aliphatic heterocycles. The molecule has 1 aromatic carbocycles. The van der Waals surface area contributed by atoms with Crippen LogP contribution in [0.3, 0.4) is 0 Å². The van der Waals surface area contributed by atoms with Gasteiger partial charge in [0.25, 0.3) is 0 Å². The molecule has 23 heavy (non-hydrogen) atoms. The largest absolute Gasteiger partial charge is 0.481 e. The van der Waals surface area contributed by atoms with Crippen LogP contribution in [-0.2, 0) is 9.59 Å². The van der Waals surface area contributed by atoms with E-state index in [0.717, 1.165) is 12.1 Å². The van der Waals surface area contributed by atoms with Gasteiger partial charge >= 0.3 is 5.97 Å². The van der Waals surface area contributed by atoms with Crippen LogP contribution in [0.2, 0.25) is 0 Å². The molecule has 3 atom stereocenters. The molecule has 0 bridgehead atoms. The number of piperidine rings is 1. The molecule has 2 N–H and O–H groups in total. The topological polar surface area (TPSA) is 69.6 Å². The number of halogens is 2. The van der Waals surface area contributed by atoms with E-state index in [-0.39, 0.29) is 17.5 Å². The minimum absolute atomic E-state index is 0.167. The molecule has 5 nitrogen and oxygen atoms in total. The van der Waals surface area contributed by atoms with E-state index in [1.54, 1.807) is 6.92 Å². The lowest BCUT2D eigenvalue weighted by Crippen LogP contribution is -2.50. The average molecular weight is 326 g/mol. The fourth-order valence-corrected chi connectivity index (χ4v) is 2.87. The fourth-order valence-electron chi connectivity index (χ4n) is 2.87. The number of hydrogen-bond acceptors (Lipinski definition) is 3. The molecule has 2 rings (SSSR count). The first kappa shape index (κ1) is 17.3. The minimum Gasteiger partial charge on any atom is -0.481 e. The summed E-state index contributed by atoms with van der Waals surface area (Å²) in [6, 6.07) is 2.58. The first-order chi connectivity index (χ1) is 10.8. The van der Waals surface area contributed by atoms with E-state index in [1.165, 1.54) is 6.07 Å². The molecule has 1 aliphatic rings. The van der Waals surface area contributed by atoms with Gasteiger partial charge in [0.05, 0.1) is 12.0 Å². The molecule has 7 heteroatoms. The van der Waals surface area contributed by atoms with E-state index in [0.29, 0.717) is 19.5 Å². The summed E-state index contributed by atoms with van der Waals surface area (Å²) in [5.74, 6) is -3.59. The van der Waals surface area contributed by atoms with E-state index < -0.39 is 29.6 Å². The van der Waals surface area contributed by atoms with E-state index in [2.05, 4.69) is 5.32 Å². The summed E-state index contributed by atoms with van der Waals surface area (Å²) in [5.41, 5.74) is 0.167. The van der Waals surface area contributed by atoms with Crippen molar-refractivity contribution in [3.05, 3.63) is 29.8 Å². The Labute approximate surface area is 133 Å². The van der Waals surface area contributed by atoms with Crippen LogP contribution >= 0.6 is 0 Å². The van der Waals surface area contributed by atoms with Gasteiger partial charge in [-0.15, -0.1) is 0 Å². The molecule has 1 amide bonds. The zero-order valence-electron chi connectivity index (χ0n) is 13.1. The normalized spacial score (nSPS) is 23.3. The number of carboxylic acids is 1. The highest BCUT2D eigenvalue weighted by atomic mass is 19.2. The maximum atomic E-state index is 13.2. The molecular formula is C16H20F2N2O3. The van der Waals surface area contributed by atoms with Crippen LogP contribution in [0.1, 0.15) is 20.3 Å². The monoisotopic (exact) mass is 326 g/mol. The van der Waals surface area contributed by atoms with Crippen molar-refractivity contribution in [1.82, 2.24) is 4.90 Å². The van der Waals surface area contributed by atoms with Crippen molar-refractivity contribution in [2.24, 2.45) is 11.8 Å². The number of aliphatic carboxylic acids is 1. The Morgan fingerprint density at radius 2 is 2.00 bits per heavy atom. The molecule has 0 aliphatic carbocycles. The van der Waals surface area contributed by atoms with Crippen molar-refractivity contribution in [2.75, 3.05) is 18.4 Å². The quantitative estimate of drug-likeness (QED) is 0.891. The molecule has 0 spiro atoms. The second-order valence-corrected chi connectivity index (χ2v) is 6.12. The van der Waals surface area contributed by atoms with Crippen molar-refractivity contribution >= 4 is 17.6 Å². The summed E-state index contributed by atoms with van der Waals surface area (Å²) < 4.78 is 26.1. The molecule has 0 radical (unpaired) electrons. The number of rotatable bonds is 4. The Kier molecular flexibility index (Phi) is 5.30. The summed E-state index contributed by atoms with van der Waals surface area (Å²) in [6.45, 7) is 4.54. The number of carbonyl (C=O) groups excluding carboxylic acids is 1. The van der Waals surface area contributed by atoms with Crippen molar-refractivity contribution in [1.29, 1.82) is 0 Å². The number of nitrogens with zero attached hydrogens (tertiary/aromatic N) is 1. The summed E-state index contributed by atoms with van der Waals surface area (Å²) in [5, 5.41) is 11.7. The highest BCUT2D eigenvalue weighted by molar-refractivity contribution is 5.94. The van der Waals surface area contributed by atoms with Crippen molar-refractivity contribution in [3.63, 3.8) is 0 Å². The van der Waals surface area contributed by atoms with E-state index in [1.807, 2.05) is 11.8 Å². The van der Waals surface area contributed by atoms with Gasteiger partial charge in [-0.3, -0.25) is 14.5 Å². The number of nitrogens with one attached hydrogen (secondary N) is 1. The smallest absolute Gasteiger partial charge is 0.307 e. The lowest BCUT2D eigenvalue weighted by molar-refractivity contribution is -0.145. The number of benzene rings is 1. The van der Waals surface area contributed by atoms with Crippen LogP contribution < -0.4 is 5.32 Å². The molecule has 126 valence electrons. The SMILES string of the molecule is CC1CC(C(=O)O)CN(C(C)C(=O)Nc2ccc(F)c(F)c2)C1. The third-order valence-corrected chi connectivity index (χ3v) is 4.15. The van der Waals surface area contributed by atoms with Gasteiger partial charge in [0.2, 0.25) is 5.91 Å². The first-order valence-electron chi connectivity index (χ1n) is 7.50. The number of anilines is 1. The van der Waals surface area contributed by atoms with Crippen LogP contribution in [0.5, 0.6) is 0 Å². The molecule has 1 heterocycles. The van der Waals surface area contributed by atoms with Crippen LogP contribution in [0.15, 0.2) is 18.2 Å². The minimum atomic E-state index is -1.03. The van der Waals surface area contributed by atoms with Crippen LogP contribution in [0.4, 0.5) is 14.5 Å². The van der Waals surface area contributed by atoms with Gasteiger partial charge in [-0.25, -0.2) is 8.78 Å². The van der Waals surface area contributed by atoms with Gasteiger partial charge in [-0.1, -0.05) is 6.92 Å². The van der Waals surface area contributed by atoms with Crippen LogP contribution in [-0.4, -0.2) is 41.0 Å². The molecule has 0 aromatic heterocycles. The van der Waals surface area contributed by atoms with Gasteiger partial charge in [-0.2, -0.15) is 0 Å². The first-order valence-corrected chi connectivity index (χ1v) is 7.50. The average Bonchev–Trinajstić information content (AvgIpc) is 2.49. The number of amides is 1. The second-order valence-electron chi connectivity index (χ2n) is 6.12. The summed E-state index contributed by atoms with van der Waals surface area (Å²) >= 11 is 0. The predicted molar refractivity (Wildman–Crippen MR) is 80.9 cm³/mol. The fraction of sp³-hybridized carbons (Fsp3) is 0.500. The van der Waals surface area contributed by atoms with Crippen molar-refractivity contribution < 1.29 is 23.5 Å². The number of likely N-dealkylation sites (tertiary alicyclic amines) is 1. The Hall–Kier alpha value is -2.02. The maximum absolute atomic E-state index is 13.2. The van der Waals surface area contributed by atoms with Gasteiger partial charge in [-0.05, 0) is 31.4 Å². The van der Waals surface area contributed by atoms with Crippen LogP contribution in [0.25, 0.3) is 0 Å². The molecular weight excluding hydrogens is 306 g/mol. The van der Waals surface area contributed by atoms with Gasteiger partial charge in [0, 0.05) is 24.8 Å². The molecule has 1 saturated heterocycles. The Morgan fingerprint density at radius 3 is 2.61 bits per heavy atom. The molecule has 1 fully saturated rings. The standard InChI is InChI=1S/C16H20F2N2O3/c1-9-5-11(16(22)23)8-20(7-9)10(2)15(21)19-12-3-4-13(17)14(18)6-12/h3-4,6,9-11H,5,7-8H2,1-2H3,(H,19,21)(H,22,23). The van der Waals surface area contributed by atoms with Gasteiger partial charge in [0.1, 0.15) is 0 Å².